The minimum Gasteiger partial charge on any atom is -0.507 e. The van der Waals surface area contributed by atoms with Gasteiger partial charge in [0.2, 0.25) is 0 Å². The van der Waals surface area contributed by atoms with Crippen LogP contribution in [0.25, 0.3) is 0 Å². The lowest BCUT2D eigenvalue weighted by Gasteiger charge is -2.37. The average molecular weight is 263 g/mol. The van der Waals surface area contributed by atoms with Crippen LogP contribution in [0.4, 0.5) is 4.79 Å². The molecule has 0 radical (unpaired) electrons. The minimum atomic E-state index is -0.432. The van der Waals surface area contributed by atoms with E-state index in [4.69, 9.17) is 5.73 Å². The zero-order valence-corrected chi connectivity index (χ0v) is 10.7. The maximum Gasteiger partial charge on any atom is 0.314 e. The fraction of sp³-hybridized carbons (Fsp3) is 0.385. The van der Waals surface area contributed by atoms with E-state index in [0.29, 0.717) is 19.6 Å². The van der Waals surface area contributed by atoms with Crippen molar-refractivity contribution in [3.63, 3.8) is 0 Å². The summed E-state index contributed by atoms with van der Waals surface area (Å²) in [5, 5.41) is 12.4. The molecule has 1 aliphatic rings. The molecule has 19 heavy (non-hydrogen) atoms. The Morgan fingerprint density at radius 2 is 2.16 bits per heavy atom. The second-order valence-electron chi connectivity index (χ2n) is 4.84. The van der Waals surface area contributed by atoms with E-state index in [1.54, 1.807) is 18.2 Å². The fourth-order valence-corrected chi connectivity index (χ4v) is 2.04. The molecule has 0 aromatic heterocycles. The summed E-state index contributed by atoms with van der Waals surface area (Å²) in [5.41, 5.74) is 6.26. The van der Waals surface area contributed by atoms with Gasteiger partial charge in [0.05, 0.1) is 5.56 Å². The number of nitrogens with zero attached hydrogens (tertiary/aromatic N) is 1. The number of phenolic OH excluding ortho intramolecular Hbond substituents is 1. The van der Waals surface area contributed by atoms with Crippen molar-refractivity contribution in [1.82, 2.24) is 10.2 Å². The molecule has 1 heterocycles. The van der Waals surface area contributed by atoms with Gasteiger partial charge in [-0.25, -0.2) is 4.79 Å². The zero-order chi connectivity index (χ0) is 14.0. The topological polar surface area (TPSA) is 95.7 Å². The third kappa shape index (κ3) is 2.96. The lowest BCUT2D eigenvalue weighted by Crippen LogP contribution is -2.55. The summed E-state index contributed by atoms with van der Waals surface area (Å²) in [5.74, 6) is -0.107. The highest BCUT2D eigenvalue weighted by atomic mass is 16.3. The molecule has 1 saturated heterocycles. The number of rotatable bonds is 3. The molecule has 0 spiro atoms. The predicted molar refractivity (Wildman–Crippen MR) is 69.8 cm³/mol. The first-order chi connectivity index (χ1) is 8.97. The van der Waals surface area contributed by atoms with E-state index in [1.807, 2.05) is 6.92 Å². The summed E-state index contributed by atoms with van der Waals surface area (Å²) in [7, 11) is 0. The molecule has 1 aliphatic heterocycles. The number of nitrogens with one attached hydrogen (secondary N) is 1. The Morgan fingerprint density at radius 3 is 2.74 bits per heavy atom. The molecule has 2 rings (SSSR count). The summed E-state index contributed by atoms with van der Waals surface area (Å²) >= 11 is 0. The molecule has 0 aliphatic carbocycles. The van der Waals surface area contributed by atoms with Gasteiger partial charge in [-0.1, -0.05) is 6.07 Å². The minimum absolute atomic E-state index is 0.0233. The number of hydrogen-bond acceptors (Lipinski definition) is 3. The van der Waals surface area contributed by atoms with Crippen molar-refractivity contribution in [2.45, 2.75) is 6.92 Å². The summed E-state index contributed by atoms with van der Waals surface area (Å²) in [6.07, 6.45) is 0. The van der Waals surface area contributed by atoms with Crippen molar-refractivity contribution in [1.29, 1.82) is 0 Å². The maximum absolute atomic E-state index is 11.9. The second kappa shape index (κ2) is 5.17. The molecule has 1 aromatic rings. The highest BCUT2D eigenvalue weighted by molar-refractivity contribution is 5.96. The Labute approximate surface area is 111 Å². The summed E-state index contributed by atoms with van der Waals surface area (Å²) in [6.45, 7) is 3.44. The highest BCUT2D eigenvalue weighted by Crippen LogP contribution is 2.19. The summed E-state index contributed by atoms with van der Waals surface area (Å²) in [4.78, 5) is 24.2. The van der Waals surface area contributed by atoms with Gasteiger partial charge in [-0.2, -0.15) is 0 Å². The normalized spacial score (nSPS) is 14.9. The molecule has 0 atom stereocenters. The van der Waals surface area contributed by atoms with Crippen LogP contribution >= 0.6 is 0 Å². The quantitative estimate of drug-likeness (QED) is 0.738. The third-order valence-electron chi connectivity index (χ3n) is 3.22. The van der Waals surface area contributed by atoms with Gasteiger partial charge in [0.15, 0.2) is 0 Å². The number of carbonyl (C=O) groups excluding carboxylic acids is 2. The largest absolute Gasteiger partial charge is 0.507 e. The van der Waals surface area contributed by atoms with E-state index < -0.39 is 6.03 Å². The van der Waals surface area contributed by atoms with E-state index in [1.165, 1.54) is 4.90 Å². The van der Waals surface area contributed by atoms with Crippen LogP contribution < -0.4 is 11.1 Å². The number of nitrogens with two attached hydrogens (primary N) is 1. The molecule has 3 amide bonds. The van der Waals surface area contributed by atoms with Crippen LogP contribution in [0.15, 0.2) is 18.2 Å². The van der Waals surface area contributed by atoms with Crippen LogP contribution in [0.5, 0.6) is 5.75 Å². The number of urea groups is 1. The van der Waals surface area contributed by atoms with Crippen LogP contribution in [0, 0.1) is 12.8 Å². The first-order valence-corrected chi connectivity index (χ1v) is 6.09. The molecule has 6 heteroatoms. The van der Waals surface area contributed by atoms with Crippen molar-refractivity contribution >= 4 is 11.9 Å². The number of aryl methyl sites for hydroxylation is 1. The number of likely N-dealkylation sites (tertiary alicyclic amines) is 1. The van der Waals surface area contributed by atoms with E-state index in [0.717, 1.165) is 5.56 Å². The van der Waals surface area contributed by atoms with Crippen LogP contribution in [0.2, 0.25) is 0 Å². The lowest BCUT2D eigenvalue weighted by atomic mass is 10.0. The van der Waals surface area contributed by atoms with Crippen molar-refractivity contribution in [3.8, 4) is 5.75 Å². The van der Waals surface area contributed by atoms with Gasteiger partial charge in [0, 0.05) is 25.6 Å². The zero-order valence-electron chi connectivity index (χ0n) is 10.7. The Kier molecular flexibility index (Phi) is 3.59. The first-order valence-electron chi connectivity index (χ1n) is 6.09. The van der Waals surface area contributed by atoms with Gasteiger partial charge in [-0.05, 0) is 24.6 Å². The lowest BCUT2D eigenvalue weighted by molar-refractivity contribution is 0.0904. The molecule has 4 N–H and O–H groups in total. The molecular formula is C13H17N3O3. The number of aromatic hydroxyl groups is 1. The Balaban J connectivity index is 1.84. The summed E-state index contributed by atoms with van der Waals surface area (Å²) in [6, 6.07) is 4.48. The van der Waals surface area contributed by atoms with Gasteiger partial charge in [-0.3, -0.25) is 4.79 Å². The van der Waals surface area contributed by atoms with E-state index in [-0.39, 0.29) is 23.1 Å². The van der Waals surface area contributed by atoms with E-state index in [2.05, 4.69) is 5.32 Å². The molecule has 0 bridgehead atoms. The van der Waals surface area contributed by atoms with Crippen molar-refractivity contribution in [2.24, 2.45) is 11.7 Å². The Bertz CT molecular complexity index is 510. The Hall–Kier alpha value is -2.24. The SMILES string of the molecule is Cc1ccc(C(=O)NCC2CN(C(N)=O)C2)c(O)c1. The predicted octanol–water partition coefficient (Wildman–Crippen LogP) is 0.441. The highest BCUT2D eigenvalue weighted by Gasteiger charge is 2.29. The van der Waals surface area contributed by atoms with Crippen LogP contribution in [-0.4, -0.2) is 41.6 Å². The smallest absolute Gasteiger partial charge is 0.314 e. The van der Waals surface area contributed by atoms with Gasteiger partial charge in [0.25, 0.3) is 5.91 Å². The average Bonchev–Trinajstić information content (AvgIpc) is 2.25. The number of carbonyl (C=O) groups is 2. The van der Waals surface area contributed by atoms with Crippen molar-refractivity contribution < 1.29 is 14.7 Å². The standard InChI is InChI=1S/C13H17N3O3/c1-8-2-3-10(11(17)4-8)12(18)15-5-9-6-16(7-9)13(14)19/h2-4,9,17H,5-7H2,1H3,(H2,14,19)(H,15,18). The second-order valence-corrected chi connectivity index (χ2v) is 4.84. The van der Waals surface area contributed by atoms with Crippen LogP contribution in [0.1, 0.15) is 15.9 Å². The molecule has 102 valence electrons. The first kappa shape index (κ1) is 13.2. The molecular weight excluding hydrogens is 246 g/mol. The van der Waals surface area contributed by atoms with Crippen LogP contribution in [0.3, 0.4) is 0 Å². The number of hydrogen-bond donors (Lipinski definition) is 3. The van der Waals surface area contributed by atoms with Gasteiger partial charge in [-0.15, -0.1) is 0 Å². The van der Waals surface area contributed by atoms with Gasteiger partial charge >= 0.3 is 6.03 Å². The van der Waals surface area contributed by atoms with Gasteiger partial charge < -0.3 is 21.1 Å². The fourth-order valence-electron chi connectivity index (χ4n) is 2.04. The number of benzene rings is 1. The van der Waals surface area contributed by atoms with Gasteiger partial charge in [0.1, 0.15) is 5.75 Å². The maximum atomic E-state index is 11.9. The molecule has 0 unspecified atom stereocenters. The summed E-state index contributed by atoms with van der Waals surface area (Å²) < 4.78 is 0. The molecule has 1 fully saturated rings. The molecule has 0 saturated carbocycles. The molecule has 1 aromatic carbocycles. The van der Waals surface area contributed by atoms with Crippen molar-refractivity contribution in [2.75, 3.05) is 19.6 Å². The monoisotopic (exact) mass is 263 g/mol. The number of primary amides is 1. The van der Waals surface area contributed by atoms with E-state index in [9.17, 15) is 14.7 Å². The number of amides is 3. The molecule has 6 nitrogen and oxygen atoms in total. The van der Waals surface area contributed by atoms with Crippen molar-refractivity contribution in [3.05, 3.63) is 29.3 Å². The third-order valence-corrected chi connectivity index (χ3v) is 3.22. The van der Waals surface area contributed by atoms with E-state index >= 15 is 0 Å². The Morgan fingerprint density at radius 1 is 1.47 bits per heavy atom. The van der Waals surface area contributed by atoms with Crippen LogP contribution in [-0.2, 0) is 0 Å². The number of phenols is 1.